The van der Waals surface area contributed by atoms with Crippen LogP contribution < -0.4 is 9.62 Å². The van der Waals surface area contributed by atoms with Gasteiger partial charge in [-0.25, -0.2) is 13.2 Å². The molecule has 3 aromatic rings. The first-order valence-electron chi connectivity index (χ1n) is 11.0. The highest BCUT2D eigenvalue weighted by atomic mass is 32.2. The maximum Gasteiger partial charge on any atom is 0.338 e. The molecule has 0 saturated heterocycles. The number of ether oxygens (including phenoxy) is 1. The lowest BCUT2D eigenvalue weighted by atomic mass is 10.1. The Morgan fingerprint density at radius 3 is 2.24 bits per heavy atom. The zero-order valence-electron chi connectivity index (χ0n) is 19.4. The molecular formula is C26H28N2O5S. The van der Waals surface area contributed by atoms with Crippen molar-refractivity contribution in [3.63, 3.8) is 0 Å². The average molecular weight is 481 g/mol. The lowest BCUT2D eigenvalue weighted by Crippen LogP contribution is -2.38. The molecule has 0 unspecified atom stereocenters. The van der Waals surface area contributed by atoms with Crippen LogP contribution in [0.5, 0.6) is 0 Å². The summed E-state index contributed by atoms with van der Waals surface area (Å²) >= 11 is 0. The highest BCUT2D eigenvalue weighted by molar-refractivity contribution is 7.92. The summed E-state index contributed by atoms with van der Waals surface area (Å²) in [5, 5.41) is 2.74. The number of aryl methyl sites for hydroxylation is 2. The number of hydrogen-bond acceptors (Lipinski definition) is 5. The SMILES string of the molecule is CCOC(=O)c1ccc(C)c(NC(=O)CN(c2ccc(CC)cc2)S(=O)(=O)c2ccccc2)c1. The van der Waals surface area contributed by atoms with Crippen molar-refractivity contribution in [2.24, 2.45) is 0 Å². The van der Waals surface area contributed by atoms with E-state index in [1.54, 1.807) is 56.3 Å². The van der Waals surface area contributed by atoms with E-state index in [4.69, 9.17) is 4.74 Å². The molecule has 0 heterocycles. The zero-order valence-corrected chi connectivity index (χ0v) is 20.3. The quantitative estimate of drug-likeness (QED) is 0.453. The number of amides is 1. The van der Waals surface area contributed by atoms with Gasteiger partial charge in [0.1, 0.15) is 6.54 Å². The number of rotatable bonds is 9. The minimum atomic E-state index is -4.00. The van der Waals surface area contributed by atoms with E-state index < -0.39 is 28.4 Å². The van der Waals surface area contributed by atoms with Crippen LogP contribution in [0.25, 0.3) is 0 Å². The van der Waals surface area contributed by atoms with E-state index in [0.29, 0.717) is 16.9 Å². The van der Waals surface area contributed by atoms with E-state index in [-0.39, 0.29) is 11.5 Å². The van der Waals surface area contributed by atoms with Gasteiger partial charge in [-0.15, -0.1) is 0 Å². The molecule has 1 amide bonds. The Kier molecular flexibility index (Phi) is 8.07. The molecule has 0 aromatic heterocycles. The number of hydrogen-bond donors (Lipinski definition) is 1. The van der Waals surface area contributed by atoms with Crippen LogP contribution in [-0.4, -0.2) is 33.4 Å². The summed E-state index contributed by atoms with van der Waals surface area (Å²) in [7, 11) is -4.00. The summed E-state index contributed by atoms with van der Waals surface area (Å²) in [4.78, 5) is 25.2. The molecule has 7 nitrogen and oxygen atoms in total. The molecule has 0 atom stereocenters. The minimum Gasteiger partial charge on any atom is -0.462 e. The first kappa shape index (κ1) is 25.0. The van der Waals surface area contributed by atoms with E-state index in [0.717, 1.165) is 21.9 Å². The maximum atomic E-state index is 13.4. The number of benzene rings is 3. The van der Waals surface area contributed by atoms with E-state index >= 15 is 0 Å². The van der Waals surface area contributed by atoms with E-state index in [1.807, 2.05) is 19.1 Å². The van der Waals surface area contributed by atoms with Crippen molar-refractivity contribution in [1.82, 2.24) is 0 Å². The van der Waals surface area contributed by atoms with Crippen molar-refractivity contribution >= 4 is 33.3 Å². The van der Waals surface area contributed by atoms with Gasteiger partial charge in [0.15, 0.2) is 0 Å². The topological polar surface area (TPSA) is 92.8 Å². The molecule has 0 bridgehead atoms. The van der Waals surface area contributed by atoms with Crippen LogP contribution in [0.4, 0.5) is 11.4 Å². The smallest absolute Gasteiger partial charge is 0.338 e. The van der Waals surface area contributed by atoms with Gasteiger partial charge in [0.05, 0.1) is 22.8 Å². The van der Waals surface area contributed by atoms with E-state index in [2.05, 4.69) is 5.32 Å². The standard InChI is InChI=1S/C26H28N2O5S/c1-4-20-12-15-22(16-13-20)28(34(31,32)23-9-7-6-8-10-23)18-25(29)27-24-17-21(14-11-19(24)3)26(30)33-5-2/h6-17H,4-5,18H2,1-3H3,(H,27,29). The zero-order chi connectivity index (χ0) is 24.7. The predicted molar refractivity (Wildman–Crippen MR) is 133 cm³/mol. The van der Waals surface area contributed by atoms with Crippen LogP contribution in [0.3, 0.4) is 0 Å². The molecule has 34 heavy (non-hydrogen) atoms. The van der Waals surface area contributed by atoms with Crippen LogP contribution in [-0.2, 0) is 26.0 Å². The molecule has 0 spiro atoms. The summed E-state index contributed by atoms with van der Waals surface area (Å²) in [5.74, 6) is -1.04. The molecule has 0 fully saturated rings. The molecule has 8 heteroatoms. The number of nitrogens with one attached hydrogen (secondary N) is 1. The third kappa shape index (κ3) is 5.82. The molecule has 1 N–H and O–H groups in total. The fraction of sp³-hybridized carbons (Fsp3) is 0.231. The van der Waals surface area contributed by atoms with Crippen molar-refractivity contribution in [2.45, 2.75) is 32.1 Å². The second-order valence-electron chi connectivity index (χ2n) is 7.64. The summed E-state index contributed by atoms with van der Waals surface area (Å²) in [6, 6.07) is 19.9. The van der Waals surface area contributed by atoms with Gasteiger partial charge in [0.2, 0.25) is 5.91 Å². The van der Waals surface area contributed by atoms with Crippen molar-refractivity contribution < 1.29 is 22.7 Å². The van der Waals surface area contributed by atoms with Gasteiger partial charge >= 0.3 is 5.97 Å². The Morgan fingerprint density at radius 1 is 0.941 bits per heavy atom. The molecule has 0 radical (unpaired) electrons. The lowest BCUT2D eigenvalue weighted by molar-refractivity contribution is -0.114. The number of nitrogens with zero attached hydrogens (tertiary/aromatic N) is 1. The predicted octanol–water partition coefficient (Wildman–Crippen LogP) is 4.57. The van der Waals surface area contributed by atoms with Gasteiger partial charge in [0, 0.05) is 5.69 Å². The van der Waals surface area contributed by atoms with Crippen molar-refractivity contribution in [1.29, 1.82) is 0 Å². The van der Waals surface area contributed by atoms with E-state index in [9.17, 15) is 18.0 Å². The Hall–Kier alpha value is -3.65. The van der Waals surface area contributed by atoms with Gasteiger partial charge in [-0.3, -0.25) is 9.10 Å². The normalized spacial score (nSPS) is 11.0. The van der Waals surface area contributed by atoms with Gasteiger partial charge < -0.3 is 10.1 Å². The number of anilines is 2. The van der Waals surface area contributed by atoms with Crippen molar-refractivity contribution in [3.05, 3.63) is 89.5 Å². The van der Waals surface area contributed by atoms with Crippen LogP contribution >= 0.6 is 0 Å². The Morgan fingerprint density at radius 2 is 1.62 bits per heavy atom. The number of carbonyl (C=O) groups is 2. The van der Waals surface area contributed by atoms with Gasteiger partial charge in [0.25, 0.3) is 10.0 Å². The fourth-order valence-electron chi connectivity index (χ4n) is 3.35. The second kappa shape index (κ2) is 11.0. The molecule has 0 aliphatic carbocycles. The molecular weight excluding hydrogens is 452 g/mol. The summed E-state index contributed by atoms with van der Waals surface area (Å²) in [6.45, 7) is 5.30. The van der Waals surface area contributed by atoms with Gasteiger partial charge in [-0.2, -0.15) is 0 Å². The molecule has 3 rings (SSSR count). The average Bonchev–Trinajstić information content (AvgIpc) is 2.84. The van der Waals surface area contributed by atoms with Gasteiger partial charge in [-0.05, 0) is 67.8 Å². The number of esters is 1. The fourth-order valence-corrected chi connectivity index (χ4v) is 4.79. The molecule has 0 saturated carbocycles. The molecule has 3 aromatic carbocycles. The third-order valence-electron chi connectivity index (χ3n) is 5.27. The monoisotopic (exact) mass is 480 g/mol. The molecule has 178 valence electrons. The Labute approximate surface area is 200 Å². The highest BCUT2D eigenvalue weighted by Crippen LogP contribution is 2.25. The van der Waals surface area contributed by atoms with Crippen LogP contribution in [0.15, 0.2) is 77.7 Å². The molecule has 0 aliphatic rings. The summed E-state index contributed by atoms with van der Waals surface area (Å²) in [5.41, 5.74) is 2.87. The van der Waals surface area contributed by atoms with Crippen molar-refractivity contribution in [2.75, 3.05) is 22.8 Å². The minimum absolute atomic E-state index is 0.0860. The Bertz CT molecular complexity index is 1260. The first-order valence-corrected chi connectivity index (χ1v) is 12.4. The van der Waals surface area contributed by atoms with Crippen molar-refractivity contribution in [3.8, 4) is 0 Å². The van der Waals surface area contributed by atoms with Crippen LogP contribution in [0.2, 0.25) is 0 Å². The molecule has 0 aliphatic heterocycles. The largest absolute Gasteiger partial charge is 0.462 e. The van der Waals surface area contributed by atoms with E-state index in [1.165, 1.54) is 18.2 Å². The van der Waals surface area contributed by atoms with Crippen LogP contribution in [0.1, 0.15) is 35.3 Å². The second-order valence-corrected chi connectivity index (χ2v) is 9.51. The number of carbonyl (C=O) groups excluding carboxylic acids is 2. The summed E-state index contributed by atoms with van der Waals surface area (Å²) < 4.78 is 33.0. The lowest BCUT2D eigenvalue weighted by Gasteiger charge is -2.24. The van der Waals surface area contributed by atoms with Crippen LogP contribution in [0, 0.1) is 6.92 Å². The Balaban J connectivity index is 1.92. The first-order chi connectivity index (χ1) is 16.3. The van der Waals surface area contributed by atoms with Gasteiger partial charge in [-0.1, -0.05) is 43.3 Å². The third-order valence-corrected chi connectivity index (χ3v) is 7.06. The summed E-state index contributed by atoms with van der Waals surface area (Å²) in [6.07, 6.45) is 0.808. The number of sulfonamides is 1. The maximum absolute atomic E-state index is 13.4. The highest BCUT2D eigenvalue weighted by Gasteiger charge is 2.27.